The molecule has 0 heterocycles. The van der Waals surface area contributed by atoms with E-state index in [-0.39, 0.29) is 11.8 Å². The summed E-state index contributed by atoms with van der Waals surface area (Å²) in [7, 11) is 1.66. The average Bonchev–Trinajstić information content (AvgIpc) is 2.78. The Morgan fingerprint density at radius 3 is 2.42 bits per heavy atom. The van der Waals surface area contributed by atoms with Crippen LogP contribution in [-0.4, -0.2) is 31.5 Å². The molecule has 0 fully saturated rings. The van der Waals surface area contributed by atoms with Crippen LogP contribution in [0.25, 0.3) is 0 Å². The Bertz CT molecular complexity index is 1030. The summed E-state index contributed by atoms with van der Waals surface area (Å²) in [6, 6.07) is 24.7. The zero-order valence-electron chi connectivity index (χ0n) is 18.2. The minimum absolute atomic E-state index is 0.210. The molecular weight excluding hydrogens is 388 g/mol. The number of ether oxygens (including phenoxy) is 1. The fourth-order valence-electron chi connectivity index (χ4n) is 3.35. The predicted octanol–water partition coefficient (Wildman–Crippen LogP) is 4.40. The zero-order chi connectivity index (χ0) is 22.2. The van der Waals surface area contributed by atoms with E-state index in [4.69, 9.17) is 4.74 Å². The van der Waals surface area contributed by atoms with Crippen molar-refractivity contribution in [2.24, 2.45) is 0 Å². The Kier molecular flexibility index (Phi) is 7.44. The van der Waals surface area contributed by atoms with E-state index < -0.39 is 6.10 Å². The van der Waals surface area contributed by atoms with Crippen molar-refractivity contribution >= 4 is 17.5 Å². The van der Waals surface area contributed by atoms with Gasteiger partial charge in [-0.3, -0.25) is 9.59 Å². The first-order chi connectivity index (χ1) is 15.0. The number of nitrogens with zero attached hydrogens (tertiary/aromatic N) is 1. The third-order valence-corrected chi connectivity index (χ3v) is 5.03. The number of carbonyl (C=O) groups excluding carboxylic acids is 2. The van der Waals surface area contributed by atoms with Gasteiger partial charge < -0.3 is 15.0 Å². The molecule has 0 aliphatic rings. The SMILES string of the molecule is Cc1cccc(OC(C)C(=O)N(C)c2ccccc2C(=O)NCCc2ccccc2)c1. The van der Waals surface area contributed by atoms with Crippen LogP contribution in [-0.2, 0) is 11.2 Å². The second-order valence-electron chi connectivity index (χ2n) is 7.48. The van der Waals surface area contributed by atoms with Crippen molar-refractivity contribution in [3.8, 4) is 5.75 Å². The van der Waals surface area contributed by atoms with Crippen molar-refractivity contribution in [1.29, 1.82) is 0 Å². The highest BCUT2D eigenvalue weighted by molar-refractivity contribution is 6.05. The van der Waals surface area contributed by atoms with Crippen LogP contribution in [0.15, 0.2) is 78.9 Å². The van der Waals surface area contributed by atoms with Gasteiger partial charge in [-0.05, 0) is 55.7 Å². The van der Waals surface area contributed by atoms with Crippen LogP contribution >= 0.6 is 0 Å². The first-order valence-electron chi connectivity index (χ1n) is 10.4. The molecule has 0 aliphatic heterocycles. The summed E-state index contributed by atoms with van der Waals surface area (Å²) in [5, 5.41) is 2.95. The number of amides is 2. The van der Waals surface area contributed by atoms with Crippen LogP contribution < -0.4 is 15.0 Å². The lowest BCUT2D eigenvalue weighted by molar-refractivity contribution is -0.124. The van der Waals surface area contributed by atoms with Crippen molar-refractivity contribution in [3.63, 3.8) is 0 Å². The highest BCUT2D eigenvalue weighted by Crippen LogP contribution is 2.21. The number of rotatable bonds is 8. The van der Waals surface area contributed by atoms with Crippen LogP contribution in [0.2, 0.25) is 0 Å². The van der Waals surface area contributed by atoms with Crippen molar-refractivity contribution < 1.29 is 14.3 Å². The van der Waals surface area contributed by atoms with Crippen LogP contribution in [0.3, 0.4) is 0 Å². The topological polar surface area (TPSA) is 58.6 Å². The molecule has 5 nitrogen and oxygen atoms in total. The Morgan fingerprint density at radius 2 is 1.68 bits per heavy atom. The molecule has 2 amide bonds. The number of hydrogen-bond acceptors (Lipinski definition) is 3. The van der Waals surface area contributed by atoms with E-state index in [9.17, 15) is 9.59 Å². The van der Waals surface area contributed by atoms with Crippen LogP contribution in [0, 0.1) is 6.92 Å². The summed E-state index contributed by atoms with van der Waals surface area (Å²) in [5.74, 6) is 0.200. The minimum atomic E-state index is -0.694. The van der Waals surface area contributed by atoms with E-state index in [1.807, 2.05) is 67.6 Å². The van der Waals surface area contributed by atoms with Gasteiger partial charge >= 0.3 is 0 Å². The van der Waals surface area contributed by atoms with Gasteiger partial charge in [0, 0.05) is 13.6 Å². The number of aryl methyl sites for hydroxylation is 1. The number of likely N-dealkylation sites (N-methyl/N-ethyl adjacent to an activating group) is 1. The number of nitrogens with one attached hydrogen (secondary N) is 1. The normalized spacial score (nSPS) is 11.5. The maximum Gasteiger partial charge on any atom is 0.267 e. The van der Waals surface area contributed by atoms with Gasteiger partial charge in [0.15, 0.2) is 6.10 Å². The molecule has 3 rings (SSSR count). The summed E-state index contributed by atoms with van der Waals surface area (Å²) in [6.45, 7) is 4.20. The Morgan fingerprint density at radius 1 is 0.968 bits per heavy atom. The Labute approximate surface area is 183 Å². The Hall–Kier alpha value is -3.60. The molecule has 0 saturated carbocycles. The lowest BCUT2D eigenvalue weighted by atomic mass is 10.1. The molecule has 3 aromatic carbocycles. The molecule has 0 bridgehead atoms. The van der Waals surface area contributed by atoms with E-state index in [0.717, 1.165) is 17.5 Å². The predicted molar refractivity (Wildman–Crippen MR) is 124 cm³/mol. The van der Waals surface area contributed by atoms with Crippen molar-refractivity contribution in [2.45, 2.75) is 26.4 Å². The van der Waals surface area contributed by atoms with E-state index in [1.165, 1.54) is 4.90 Å². The van der Waals surface area contributed by atoms with E-state index >= 15 is 0 Å². The molecule has 31 heavy (non-hydrogen) atoms. The molecule has 160 valence electrons. The van der Waals surface area contributed by atoms with Gasteiger partial charge in [0.05, 0.1) is 11.3 Å². The molecule has 0 aromatic heterocycles. The number of carbonyl (C=O) groups is 2. The van der Waals surface area contributed by atoms with Crippen molar-refractivity contribution in [1.82, 2.24) is 5.32 Å². The van der Waals surface area contributed by atoms with E-state index in [1.54, 1.807) is 32.2 Å². The summed E-state index contributed by atoms with van der Waals surface area (Å²) >= 11 is 0. The number of benzene rings is 3. The average molecular weight is 417 g/mol. The lowest BCUT2D eigenvalue weighted by Gasteiger charge is -2.24. The summed E-state index contributed by atoms with van der Waals surface area (Å²) in [6.07, 6.45) is 0.0474. The molecular formula is C26H28N2O3. The third-order valence-electron chi connectivity index (χ3n) is 5.03. The fraction of sp³-hybridized carbons (Fsp3) is 0.231. The highest BCUT2D eigenvalue weighted by atomic mass is 16.5. The van der Waals surface area contributed by atoms with Crippen LogP contribution in [0.1, 0.15) is 28.4 Å². The lowest BCUT2D eigenvalue weighted by Crippen LogP contribution is -2.39. The standard InChI is InChI=1S/C26H28N2O3/c1-19-10-9-13-22(18-19)31-20(2)26(30)28(3)24-15-8-7-14-23(24)25(29)27-17-16-21-11-5-4-6-12-21/h4-15,18,20H,16-17H2,1-3H3,(H,27,29). The fourth-order valence-corrected chi connectivity index (χ4v) is 3.35. The number of para-hydroxylation sites is 1. The molecule has 1 N–H and O–H groups in total. The minimum Gasteiger partial charge on any atom is -0.481 e. The first-order valence-corrected chi connectivity index (χ1v) is 10.4. The second kappa shape index (κ2) is 10.4. The maximum atomic E-state index is 13.0. The number of anilines is 1. The first kappa shape index (κ1) is 22.1. The monoisotopic (exact) mass is 416 g/mol. The smallest absolute Gasteiger partial charge is 0.267 e. The molecule has 5 heteroatoms. The van der Waals surface area contributed by atoms with Gasteiger partial charge in [0.25, 0.3) is 11.8 Å². The second-order valence-corrected chi connectivity index (χ2v) is 7.48. The van der Waals surface area contributed by atoms with Gasteiger partial charge in [-0.25, -0.2) is 0 Å². The largest absolute Gasteiger partial charge is 0.481 e. The zero-order valence-corrected chi connectivity index (χ0v) is 18.2. The molecule has 0 spiro atoms. The van der Waals surface area contributed by atoms with Crippen molar-refractivity contribution in [2.75, 3.05) is 18.5 Å². The van der Waals surface area contributed by atoms with E-state index in [0.29, 0.717) is 23.5 Å². The maximum absolute atomic E-state index is 13.0. The van der Waals surface area contributed by atoms with Crippen LogP contribution in [0.5, 0.6) is 5.75 Å². The summed E-state index contributed by atoms with van der Waals surface area (Å²) in [4.78, 5) is 27.3. The molecule has 3 aromatic rings. The third kappa shape index (κ3) is 5.95. The van der Waals surface area contributed by atoms with Gasteiger partial charge in [-0.1, -0.05) is 54.6 Å². The molecule has 0 saturated heterocycles. The van der Waals surface area contributed by atoms with Crippen molar-refractivity contribution in [3.05, 3.63) is 95.6 Å². The van der Waals surface area contributed by atoms with E-state index in [2.05, 4.69) is 5.32 Å². The van der Waals surface area contributed by atoms with Gasteiger partial charge in [-0.2, -0.15) is 0 Å². The highest BCUT2D eigenvalue weighted by Gasteiger charge is 2.24. The molecule has 0 aliphatic carbocycles. The summed E-state index contributed by atoms with van der Waals surface area (Å²) < 4.78 is 5.82. The van der Waals surface area contributed by atoms with Gasteiger partial charge in [-0.15, -0.1) is 0 Å². The molecule has 1 atom stereocenters. The van der Waals surface area contributed by atoms with Crippen LogP contribution in [0.4, 0.5) is 5.69 Å². The quantitative estimate of drug-likeness (QED) is 0.592. The Balaban J connectivity index is 1.66. The molecule has 1 unspecified atom stereocenters. The summed E-state index contributed by atoms with van der Waals surface area (Å²) in [5.41, 5.74) is 3.21. The van der Waals surface area contributed by atoms with Gasteiger partial charge in [0.1, 0.15) is 5.75 Å². The number of hydrogen-bond donors (Lipinski definition) is 1. The van der Waals surface area contributed by atoms with Gasteiger partial charge in [0.2, 0.25) is 0 Å². The molecule has 0 radical (unpaired) electrons.